The van der Waals surface area contributed by atoms with Crippen LogP contribution in [0.1, 0.15) is 18.2 Å². The van der Waals surface area contributed by atoms with Crippen LogP contribution in [0.25, 0.3) is 0 Å². The van der Waals surface area contributed by atoms with Crippen LogP contribution in [-0.4, -0.2) is 29.8 Å². The molecule has 0 amide bonds. The van der Waals surface area contributed by atoms with Crippen molar-refractivity contribution in [2.24, 2.45) is 0 Å². The van der Waals surface area contributed by atoms with Crippen LogP contribution >= 0.6 is 0 Å². The highest BCUT2D eigenvalue weighted by Gasteiger charge is 2.03. The summed E-state index contributed by atoms with van der Waals surface area (Å²) < 4.78 is 0. The van der Waals surface area contributed by atoms with E-state index in [2.05, 4.69) is 52.5 Å². The quantitative estimate of drug-likeness (QED) is 0.821. The third-order valence-corrected chi connectivity index (χ3v) is 3.43. The van der Waals surface area contributed by atoms with E-state index in [1.54, 1.807) is 0 Å². The Labute approximate surface area is 126 Å². The number of pyridine rings is 1. The molecule has 0 unspecified atom stereocenters. The van der Waals surface area contributed by atoms with Crippen molar-refractivity contribution in [1.82, 2.24) is 4.98 Å². The van der Waals surface area contributed by atoms with Crippen molar-refractivity contribution >= 4 is 11.4 Å². The highest BCUT2D eigenvalue weighted by atomic mass is 16.3. The highest BCUT2D eigenvalue weighted by Crippen LogP contribution is 2.18. The number of aliphatic hydroxyl groups is 1. The topological polar surface area (TPSA) is 48.4 Å². The number of aromatic nitrogens is 1. The Bertz CT molecular complexity index is 537. The summed E-state index contributed by atoms with van der Waals surface area (Å²) in [5, 5.41) is 12.4. The summed E-state index contributed by atoms with van der Waals surface area (Å²) in [5.41, 5.74) is 4.40. The van der Waals surface area contributed by atoms with Crippen molar-refractivity contribution in [2.45, 2.75) is 20.4 Å². The van der Waals surface area contributed by atoms with E-state index in [9.17, 15) is 0 Å². The van der Waals surface area contributed by atoms with Crippen molar-refractivity contribution in [3.63, 3.8) is 0 Å². The van der Waals surface area contributed by atoms with Gasteiger partial charge in [0.2, 0.25) is 0 Å². The molecule has 0 aliphatic rings. The molecule has 1 aromatic heterocycles. The minimum absolute atomic E-state index is 0.174. The SMILES string of the molecule is CCN(CCO)c1ccc(NCc2ccc(C)cn2)cc1. The molecule has 2 N–H and O–H groups in total. The van der Waals surface area contributed by atoms with Gasteiger partial charge in [-0.25, -0.2) is 0 Å². The lowest BCUT2D eigenvalue weighted by molar-refractivity contribution is 0.302. The molecule has 1 aromatic carbocycles. The number of hydrogen-bond acceptors (Lipinski definition) is 4. The molecular weight excluding hydrogens is 262 g/mol. The molecular formula is C17H23N3O. The summed E-state index contributed by atoms with van der Waals surface area (Å²) in [4.78, 5) is 6.52. The Kier molecular flexibility index (Phi) is 5.58. The van der Waals surface area contributed by atoms with Crippen LogP contribution in [0, 0.1) is 6.92 Å². The lowest BCUT2D eigenvalue weighted by Gasteiger charge is -2.22. The number of nitrogens with one attached hydrogen (secondary N) is 1. The number of likely N-dealkylation sites (N-methyl/N-ethyl adjacent to an activating group) is 1. The molecule has 0 aliphatic carbocycles. The molecule has 0 saturated carbocycles. The van der Waals surface area contributed by atoms with Crippen molar-refractivity contribution in [3.05, 3.63) is 53.9 Å². The third kappa shape index (κ3) is 4.46. The lowest BCUT2D eigenvalue weighted by atomic mass is 10.2. The minimum atomic E-state index is 0.174. The Balaban J connectivity index is 1.94. The molecule has 0 fully saturated rings. The second-order valence-electron chi connectivity index (χ2n) is 5.03. The van der Waals surface area contributed by atoms with Gasteiger partial charge in [0.05, 0.1) is 18.8 Å². The largest absolute Gasteiger partial charge is 0.395 e. The maximum Gasteiger partial charge on any atom is 0.0606 e. The Morgan fingerprint density at radius 1 is 1.14 bits per heavy atom. The van der Waals surface area contributed by atoms with E-state index in [0.717, 1.165) is 23.6 Å². The van der Waals surface area contributed by atoms with Crippen LogP contribution in [0.15, 0.2) is 42.6 Å². The van der Waals surface area contributed by atoms with Gasteiger partial charge in [-0.1, -0.05) is 6.07 Å². The maximum absolute atomic E-state index is 9.05. The van der Waals surface area contributed by atoms with Crippen LogP contribution in [0.4, 0.5) is 11.4 Å². The van der Waals surface area contributed by atoms with Gasteiger partial charge in [-0.3, -0.25) is 4.98 Å². The number of nitrogens with zero attached hydrogens (tertiary/aromatic N) is 2. The molecule has 4 nitrogen and oxygen atoms in total. The van der Waals surface area contributed by atoms with Crippen molar-refractivity contribution < 1.29 is 5.11 Å². The molecule has 0 aliphatic heterocycles. The van der Waals surface area contributed by atoms with Crippen molar-refractivity contribution in [2.75, 3.05) is 29.9 Å². The normalized spacial score (nSPS) is 10.4. The second-order valence-corrected chi connectivity index (χ2v) is 5.03. The van der Waals surface area contributed by atoms with Gasteiger partial charge < -0.3 is 15.3 Å². The van der Waals surface area contributed by atoms with E-state index in [4.69, 9.17) is 5.11 Å². The van der Waals surface area contributed by atoms with Crippen LogP contribution < -0.4 is 10.2 Å². The Hall–Kier alpha value is -2.07. The van der Waals surface area contributed by atoms with Crippen molar-refractivity contribution in [1.29, 1.82) is 0 Å². The van der Waals surface area contributed by atoms with E-state index in [1.807, 2.05) is 19.2 Å². The van der Waals surface area contributed by atoms with Gasteiger partial charge >= 0.3 is 0 Å². The number of benzene rings is 1. The third-order valence-electron chi connectivity index (χ3n) is 3.43. The fraction of sp³-hybridized carbons (Fsp3) is 0.353. The summed E-state index contributed by atoms with van der Waals surface area (Å²) >= 11 is 0. The highest BCUT2D eigenvalue weighted by molar-refractivity contribution is 5.55. The number of aryl methyl sites for hydroxylation is 1. The molecule has 2 aromatic rings. The van der Waals surface area contributed by atoms with Crippen LogP contribution in [0.5, 0.6) is 0 Å². The summed E-state index contributed by atoms with van der Waals surface area (Å²) in [6, 6.07) is 12.4. The predicted octanol–water partition coefficient (Wildman–Crippen LogP) is 2.82. The first-order valence-corrected chi connectivity index (χ1v) is 7.34. The van der Waals surface area contributed by atoms with Crippen LogP contribution in [0.3, 0.4) is 0 Å². The molecule has 0 spiro atoms. The van der Waals surface area contributed by atoms with Gasteiger partial charge in [0, 0.05) is 30.7 Å². The van der Waals surface area contributed by atoms with E-state index in [0.29, 0.717) is 13.1 Å². The number of aliphatic hydroxyl groups excluding tert-OH is 1. The zero-order valence-electron chi connectivity index (χ0n) is 12.7. The predicted molar refractivity (Wildman–Crippen MR) is 87.7 cm³/mol. The van der Waals surface area contributed by atoms with Gasteiger partial charge in [0.15, 0.2) is 0 Å². The van der Waals surface area contributed by atoms with Crippen LogP contribution in [0.2, 0.25) is 0 Å². The fourth-order valence-electron chi connectivity index (χ4n) is 2.18. The molecule has 0 bridgehead atoms. The van der Waals surface area contributed by atoms with Gasteiger partial charge in [0.25, 0.3) is 0 Å². The van der Waals surface area contributed by atoms with E-state index >= 15 is 0 Å². The average Bonchev–Trinajstić information content (AvgIpc) is 2.53. The summed E-state index contributed by atoms with van der Waals surface area (Å²) in [6.45, 7) is 6.57. The first kappa shape index (κ1) is 15.3. The van der Waals surface area contributed by atoms with Crippen LogP contribution in [-0.2, 0) is 6.54 Å². The molecule has 0 atom stereocenters. The molecule has 2 rings (SSSR count). The summed E-state index contributed by atoms with van der Waals surface area (Å²) in [6.07, 6.45) is 1.88. The average molecular weight is 285 g/mol. The Morgan fingerprint density at radius 3 is 2.48 bits per heavy atom. The van der Waals surface area contributed by atoms with E-state index < -0.39 is 0 Å². The number of anilines is 2. The molecule has 112 valence electrons. The summed E-state index contributed by atoms with van der Waals surface area (Å²) in [7, 11) is 0. The first-order chi connectivity index (χ1) is 10.2. The smallest absolute Gasteiger partial charge is 0.0606 e. The lowest BCUT2D eigenvalue weighted by Crippen LogP contribution is -2.25. The van der Waals surface area contributed by atoms with Gasteiger partial charge in [-0.05, 0) is 49.7 Å². The van der Waals surface area contributed by atoms with E-state index in [-0.39, 0.29) is 6.61 Å². The molecule has 21 heavy (non-hydrogen) atoms. The molecule has 0 saturated heterocycles. The van der Waals surface area contributed by atoms with Crippen molar-refractivity contribution in [3.8, 4) is 0 Å². The molecule has 1 heterocycles. The van der Waals surface area contributed by atoms with Gasteiger partial charge in [-0.2, -0.15) is 0 Å². The second kappa shape index (κ2) is 7.64. The zero-order chi connectivity index (χ0) is 15.1. The van der Waals surface area contributed by atoms with E-state index in [1.165, 1.54) is 5.56 Å². The maximum atomic E-state index is 9.05. The monoisotopic (exact) mass is 285 g/mol. The number of rotatable bonds is 7. The Morgan fingerprint density at radius 2 is 1.90 bits per heavy atom. The standard InChI is InChI=1S/C17H23N3O/c1-3-20(10-11-21)17-8-6-15(7-9-17)19-13-16-5-4-14(2)12-18-16/h4-9,12,19,21H,3,10-11,13H2,1-2H3. The summed E-state index contributed by atoms with van der Waals surface area (Å²) in [5.74, 6) is 0. The zero-order valence-corrected chi connectivity index (χ0v) is 12.7. The number of hydrogen-bond donors (Lipinski definition) is 2. The van der Waals surface area contributed by atoms with Gasteiger partial charge in [0.1, 0.15) is 0 Å². The van der Waals surface area contributed by atoms with Gasteiger partial charge in [-0.15, -0.1) is 0 Å². The first-order valence-electron chi connectivity index (χ1n) is 7.34. The molecule has 0 radical (unpaired) electrons. The fourth-order valence-corrected chi connectivity index (χ4v) is 2.18. The molecule has 4 heteroatoms. The minimum Gasteiger partial charge on any atom is -0.395 e.